The van der Waals surface area contributed by atoms with Crippen molar-refractivity contribution in [3.05, 3.63) is 36.9 Å². The highest BCUT2D eigenvalue weighted by atomic mass is 16.1. The maximum Gasteiger partial charge on any atom is 0.221 e. The second-order valence-corrected chi connectivity index (χ2v) is 4.13. The smallest absolute Gasteiger partial charge is 0.221 e. The molecule has 5 nitrogen and oxygen atoms in total. The van der Waals surface area contributed by atoms with Crippen LogP contribution in [0.1, 0.15) is 25.1 Å². The summed E-state index contributed by atoms with van der Waals surface area (Å²) in [6.07, 6.45) is 5.41. The monoisotopic (exact) mass is 248 g/mol. The number of aromatic nitrogens is 2. The maximum absolute atomic E-state index is 11.5. The summed E-state index contributed by atoms with van der Waals surface area (Å²) in [6.45, 7) is 6.82. The maximum atomic E-state index is 11.5. The molecule has 5 heteroatoms. The zero-order valence-corrected chi connectivity index (χ0v) is 11.0. The second kappa shape index (κ2) is 7.55. The van der Waals surface area contributed by atoms with Gasteiger partial charge in [0.25, 0.3) is 0 Å². The van der Waals surface area contributed by atoms with Crippen LogP contribution in [0.2, 0.25) is 0 Å². The number of carbonyl (C=O) groups is 1. The molecule has 1 aromatic heterocycles. The van der Waals surface area contributed by atoms with Crippen LogP contribution in [0.4, 0.5) is 0 Å². The average Bonchev–Trinajstić information content (AvgIpc) is 2.42. The zero-order valence-electron chi connectivity index (χ0n) is 11.0. The van der Waals surface area contributed by atoms with E-state index in [-0.39, 0.29) is 11.9 Å². The Kier molecular flexibility index (Phi) is 6.00. The van der Waals surface area contributed by atoms with Crippen molar-refractivity contribution in [2.24, 2.45) is 0 Å². The lowest BCUT2D eigenvalue weighted by molar-refractivity contribution is -0.121. The predicted molar refractivity (Wildman–Crippen MR) is 70.9 cm³/mol. The summed E-state index contributed by atoms with van der Waals surface area (Å²) < 4.78 is 0. The van der Waals surface area contributed by atoms with Gasteiger partial charge in [0.05, 0.1) is 5.69 Å². The van der Waals surface area contributed by atoms with Crippen LogP contribution < -0.4 is 5.32 Å². The molecule has 0 saturated carbocycles. The minimum atomic E-state index is 0.0386. The van der Waals surface area contributed by atoms with Gasteiger partial charge in [-0.1, -0.05) is 6.08 Å². The highest BCUT2D eigenvalue weighted by Gasteiger charge is 2.13. The van der Waals surface area contributed by atoms with Gasteiger partial charge in [0.2, 0.25) is 5.91 Å². The van der Waals surface area contributed by atoms with E-state index in [1.807, 2.05) is 13.1 Å². The van der Waals surface area contributed by atoms with Crippen LogP contribution in [-0.4, -0.2) is 40.9 Å². The van der Waals surface area contributed by atoms with Gasteiger partial charge >= 0.3 is 0 Å². The number of nitrogens with zero attached hydrogens (tertiary/aromatic N) is 3. The van der Waals surface area contributed by atoms with E-state index in [9.17, 15) is 4.79 Å². The summed E-state index contributed by atoms with van der Waals surface area (Å²) in [4.78, 5) is 21.6. The number of nitrogens with one attached hydrogen (secondary N) is 1. The first-order valence-electron chi connectivity index (χ1n) is 5.99. The molecule has 0 fully saturated rings. The molecular formula is C13H20N4O. The molecule has 0 aliphatic carbocycles. The quantitative estimate of drug-likeness (QED) is 0.736. The van der Waals surface area contributed by atoms with Gasteiger partial charge in [-0.15, -0.1) is 6.58 Å². The van der Waals surface area contributed by atoms with Crippen LogP contribution in [0.25, 0.3) is 0 Å². The molecule has 1 heterocycles. The molecule has 0 bridgehead atoms. The van der Waals surface area contributed by atoms with E-state index in [1.165, 1.54) is 6.33 Å². The third-order valence-corrected chi connectivity index (χ3v) is 2.83. The highest BCUT2D eigenvalue weighted by molar-refractivity contribution is 5.76. The molecule has 0 aliphatic rings. The Hall–Kier alpha value is -1.75. The van der Waals surface area contributed by atoms with Crippen molar-refractivity contribution < 1.29 is 4.79 Å². The topological polar surface area (TPSA) is 58.1 Å². The molecule has 0 aliphatic heterocycles. The van der Waals surface area contributed by atoms with E-state index in [0.29, 0.717) is 19.5 Å². The van der Waals surface area contributed by atoms with Crippen molar-refractivity contribution in [3.8, 4) is 0 Å². The van der Waals surface area contributed by atoms with Crippen molar-refractivity contribution in [2.45, 2.75) is 19.4 Å². The molecule has 98 valence electrons. The summed E-state index contributed by atoms with van der Waals surface area (Å²) in [6, 6.07) is 2.05. The molecule has 0 unspecified atom stereocenters. The van der Waals surface area contributed by atoms with Crippen LogP contribution in [0.15, 0.2) is 31.2 Å². The first-order chi connectivity index (χ1) is 8.65. The van der Waals surface area contributed by atoms with Gasteiger partial charge in [-0.2, -0.15) is 0 Å². The fourth-order valence-electron chi connectivity index (χ4n) is 1.52. The minimum absolute atomic E-state index is 0.0386. The van der Waals surface area contributed by atoms with Gasteiger partial charge in [-0.3, -0.25) is 9.69 Å². The van der Waals surface area contributed by atoms with E-state index in [2.05, 4.69) is 33.7 Å². The predicted octanol–water partition coefficient (Wildman–Crippen LogP) is 1.16. The van der Waals surface area contributed by atoms with E-state index < -0.39 is 0 Å². The Labute approximate surface area is 108 Å². The number of amides is 1. The van der Waals surface area contributed by atoms with Crippen LogP contribution in [-0.2, 0) is 4.79 Å². The van der Waals surface area contributed by atoms with Crippen LogP contribution in [0.3, 0.4) is 0 Å². The van der Waals surface area contributed by atoms with Crippen molar-refractivity contribution in [3.63, 3.8) is 0 Å². The SMILES string of the molecule is C=CCNC(=O)CCN(C)[C@@H](C)c1ccncn1. The van der Waals surface area contributed by atoms with E-state index in [4.69, 9.17) is 0 Å². The molecule has 0 aromatic carbocycles. The Morgan fingerprint density at radius 3 is 3.06 bits per heavy atom. The van der Waals surface area contributed by atoms with E-state index in [1.54, 1.807) is 12.3 Å². The van der Waals surface area contributed by atoms with E-state index >= 15 is 0 Å². The Morgan fingerprint density at radius 2 is 2.44 bits per heavy atom. The molecule has 0 spiro atoms. The summed E-state index contributed by atoms with van der Waals surface area (Å²) >= 11 is 0. The first-order valence-corrected chi connectivity index (χ1v) is 5.99. The van der Waals surface area contributed by atoms with Gasteiger partial charge in [0.15, 0.2) is 0 Å². The third kappa shape index (κ3) is 4.63. The summed E-state index contributed by atoms with van der Waals surface area (Å²) in [5.74, 6) is 0.0386. The van der Waals surface area contributed by atoms with E-state index in [0.717, 1.165) is 5.69 Å². The Balaban J connectivity index is 2.38. The molecule has 18 heavy (non-hydrogen) atoms. The largest absolute Gasteiger partial charge is 0.353 e. The normalized spacial score (nSPS) is 12.2. The minimum Gasteiger partial charge on any atom is -0.353 e. The molecule has 1 aromatic rings. The van der Waals surface area contributed by atoms with Gasteiger partial charge in [-0.25, -0.2) is 9.97 Å². The highest BCUT2D eigenvalue weighted by Crippen LogP contribution is 2.15. The fraction of sp³-hybridized carbons (Fsp3) is 0.462. The van der Waals surface area contributed by atoms with Gasteiger partial charge < -0.3 is 5.32 Å². The lowest BCUT2D eigenvalue weighted by atomic mass is 10.2. The van der Waals surface area contributed by atoms with Gasteiger partial charge in [-0.05, 0) is 20.0 Å². The number of rotatable bonds is 7. The Bertz CT molecular complexity index is 380. The summed E-state index contributed by atoms with van der Waals surface area (Å²) in [7, 11) is 1.98. The van der Waals surface area contributed by atoms with Crippen molar-refractivity contribution in [1.29, 1.82) is 0 Å². The number of hydrogen-bond donors (Lipinski definition) is 1. The zero-order chi connectivity index (χ0) is 13.4. The molecular weight excluding hydrogens is 228 g/mol. The molecule has 0 saturated heterocycles. The Morgan fingerprint density at radius 1 is 1.67 bits per heavy atom. The standard InChI is InChI=1S/C13H20N4O/c1-4-7-15-13(18)6-9-17(3)11(2)12-5-8-14-10-16-12/h4-5,8,10-11H,1,6-7,9H2,2-3H3,(H,15,18)/t11-/m0/s1. The van der Waals surface area contributed by atoms with Crippen LogP contribution in [0, 0.1) is 0 Å². The van der Waals surface area contributed by atoms with Crippen LogP contribution in [0.5, 0.6) is 0 Å². The second-order valence-electron chi connectivity index (χ2n) is 4.13. The average molecular weight is 248 g/mol. The third-order valence-electron chi connectivity index (χ3n) is 2.83. The van der Waals surface area contributed by atoms with Crippen molar-refractivity contribution >= 4 is 5.91 Å². The first kappa shape index (κ1) is 14.3. The molecule has 1 rings (SSSR count). The molecule has 0 radical (unpaired) electrons. The van der Waals surface area contributed by atoms with Gasteiger partial charge in [0, 0.05) is 31.7 Å². The van der Waals surface area contributed by atoms with Crippen molar-refractivity contribution in [1.82, 2.24) is 20.2 Å². The summed E-state index contributed by atoms with van der Waals surface area (Å²) in [5, 5.41) is 2.76. The lowest BCUT2D eigenvalue weighted by Gasteiger charge is -2.23. The fourth-order valence-corrected chi connectivity index (χ4v) is 1.52. The summed E-state index contributed by atoms with van der Waals surface area (Å²) in [5.41, 5.74) is 0.957. The van der Waals surface area contributed by atoms with Crippen molar-refractivity contribution in [2.75, 3.05) is 20.1 Å². The van der Waals surface area contributed by atoms with Gasteiger partial charge in [0.1, 0.15) is 6.33 Å². The number of hydrogen-bond acceptors (Lipinski definition) is 4. The number of carbonyl (C=O) groups excluding carboxylic acids is 1. The van der Waals surface area contributed by atoms with Crippen LogP contribution >= 0.6 is 0 Å². The molecule has 1 atom stereocenters. The molecule has 1 N–H and O–H groups in total. The lowest BCUT2D eigenvalue weighted by Crippen LogP contribution is -2.30. The molecule has 1 amide bonds.